The van der Waals surface area contributed by atoms with Gasteiger partial charge in [0, 0.05) is 43.1 Å². The number of hydrogen-bond donors (Lipinski definition) is 1. The van der Waals surface area contributed by atoms with Crippen LogP contribution in [0.1, 0.15) is 52.4 Å². The number of sulfonamides is 1. The maximum atomic E-state index is 14.7. The number of fused-ring (bicyclic) bond motifs is 1. The Morgan fingerprint density at radius 3 is 2.45 bits per heavy atom. The Labute approximate surface area is 247 Å². The molecule has 42 heavy (non-hydrogen) atoms. The van der Waals surface area contributed by atoms with Gasteiger partial charge in [0.1, 0.15) is 23.1 Å². The van der Waals surface area contributed by atoms with Gasteiger partial charge in [-0.1, -0.05) is 6.07 Å². The number of hydrogen-bond acceptors (Lipinski definition) is 6. The monoisotopic (exact) mass is 630 g/mol. The number of ether oxygens (including phenoxy) is 1. The smallest absolute Gasteiger partial charge is 0.344 e. The molecule has 2 aromatic carbocycles. The molecule has 7 nitrogen and oxygen atoms in total. The van der Waals surface area contributed by atoms with E-state index in [1.165, 1.54) is 43.1 Å². The number of nitrogens with zero attached hydrogens (tertiary/aromatic N) is 2. The van der Waals surface area contributed by atoms with Gasteiger partial charge in [-0.05, 0) is 75.6 Å². The third-order valence-corrected chi connectivity index (χ3v) is 11.6. The summed E-state index contributed by atoms with van der Waals surface area (Å²) in [7, 11) is -3.00. The van der Waals surface area contributed by atoms with Gasteiger partial charge in [-0.3, -0.25) is 0 Å². The summed E-state index contributed by atoms with van der Waals surface area (Å²) in [6.07, 6.45) is 3.53. The van der Waals surface area contributed by atoms with Crippen LogP contribution in [0.4, 0.5) is 28.9 Å². The molecular formula is C29H34F4N2O5S2. The predicted octanol–water partition coefficient (Wildman–Crippen LogP) is 6.63. The van der Waals surface area contributed by atoms with E-state index in [1.807, 2.05) is 0 Å². The summed E-state index contributed by atoms with van der Waals surface area (Å²) in [5, 5.41) is 9.46. The lowest BCUT2D eigenvalue weighted by Crippen LogP contribution is -2.41. The Morgan fingerprint density at radius 2 is 1.86 bits per heavy atom. The zero-order valence-corrected chi connectivity index (χ0v) is 25.2. The first-order valence-electron chi connectivity index (χ1n) is 13.8. The second-order valence-corrected chi connectivity index (χ2v) is 15.4. The van der Waals surface area contributed by atoms with E-state index in [0.29, 0.717) is 16.0 Å². The third kappa shape index (κ3) is 6.37. The standard InChI is InChI=1S/C29H34F4N2O5S2/c1-27(31,26(36)37)17-40-23-13-25-22(12-24(23)41-21-14-29(15-21)9-10-29)35(19-6-4-5-18(30)11-19)16-20(7-8-28(2,32)33)34(3)42(25,38)39/h4-6,11-13,20-21H,7-10,14-17H2,1-3H3,(H,36,37)/t20-,27-/m0/s1. The number of alkyl halides is 3. The summed E-state index contributed by atoms with van der Waals surface area (Å²) in [5.41, 5.74) is -1.83. The zero-order chi connectivity index (χ0) is 30.7. The number of carboxylic acid groups (broad SMARTS) is 1. The SMILES string of the molecule is CN1[C@@H](CCC(C)(F)F)CN(c2cccc(F)c2)c2cc(SC3CC4(CC4)C3)c(OC[C@](C)(F)C(=O)O)cc2S1(=O)=O. The molecule has 0 saturated heterocycles. The maximum Gasteiger partial charge on any atom is 0.344 e. The fraction of sp³-hybridized carbons (Fsp3) is 0.552. The molecule has 5 rings (SSSR count). The average molecular weight is 631 g/mol. The summed E-state index contributed by atoms with van der Waals surface area (Å²) in [5.74, 6) is -5.29. The van der Waals surface area contributed by atoms with Gasteiger partial charge in [0.05, 0.1) is 10.6 Å². The molecule has 1 N–H and O–H groups in total. The topological polar surface area (TPSA) is 87.2 Å². The Hall–Kier alpha value is -2.51. The molecule has 0 radical (unpaired) electrons. The van der Waals surface area contributed by atoms with Crippen molar-refractivity contribution in [2.45, 2.75) is 85.0 Å². The van der Waals surface area contributed by atoms with E-state index in [0.717, 1.165) is 43.8 Å². The first-order chi connectivity index (χ1) is 19.5. The van der Waals surface area contributed by atoms with Crippen LogP contribution in [0.15, 0.2) is 46.2 Å². The molecule has 2 atom stereocenters. The highest BCUT2D eigenvalue weighted by Crippen LogP contribution is 2.64. The highest BCUT2D eigenvalue weighted by atomic mass is 32.2. The number of likely N-dealkylation sites (N-methyl/N-ethyl adjacent to an activating group) is 1. The molecule has 0 unspecified atom stereocenters. The Morgan fingerprint density at radius 1 is 1.17 bits per heavy atom. The van der Waals surface area contributed by atoms with Crippen molar-refractivity contribution in [2.24, 2.45) is 5.41 Å². The predicted molar refractivity (Wildman–Crippen MR) is 152 cm³/mol. The van der Waals surface area contributed by atoms with Crippen molar-refractivity contribution >= 4 is 39.1 Å². The van der Waals surface area contributed by atoms with E-state index < -0.39 is 52.5 Å². The molecule has 13 heteroatoms. The number of anilines is 2. The molecule has 230 valence electrons. The number of halogens is 4. The number of carbonyl (C=O) groups is 1. The van der Waals surface area contributed by atoms with Gasteiger partial charge >= 0.3 is 5.97 Å². The van der Waals surface area contributed by atoms with Crippen molar-refractivity contribution in [3.63, 3.8) is 0 Å². The first kappa shape index (κ1) is 30.9. The van der Waals surface area contributed by atoms with E-state index in [2.05, 4.69) is 0 Å². The molecule has 1 aliphatic heterocycles. The summed E-state index contributed by atoms with van der Waals surface area (Å²) in [6.45, 7) is 0.743. The lowest BCUT2D eigenvalue weighted by atomic mass is 9.81. The summed E-state index contributed by atoms with van der Waals surface area (Å²) in [4.78, 5) is 13.3. The highest BCUT2D eigenvalue weighted by molar-refractivity contribution is 8.00. The normalized spacial score (nSPS) is 23.0. The van der Waals surface area contributed by atoms with Crippen molar-refractivity contribution < 1.29 is 40.6 Å². The van der Waals surface area contributed by atoms with Crippen LogP contribution in [-0.2, 0) is 14.8 Å². The molecule has 0 aromatic heterocycles. The molecule has 0 bridgehead atoms. The van der Waals surface area contributed by atoms with Gasteiger partial charge < -0.3 is 14.7 Å². The Balaban J connectivity index is 1.62. The molecule has 2 fully saturated rings. The van der Waals surface area contributed by atoms with Gasteiger partial charge in [0.15, 0.2) is 0 Å². The van der Waals surface area contributed by atoms with Crippen LogP contribution in [0.5, 0.6) is 5.75 Å². The van der Waals surface area contributed by atoms with Crippen molar-refractivity contribution in [3.05, 3.63) is 42.2 Å². The third-order valence-electron chi connectivity index (χ3n) is 8.43. The van der Waals surface area contributed by atoms with Crippen LogP contribution < -0.4 is 9.64 Å². The van der Waals surface area contributed by atoms with Crippen LogP contribution >= 0.6 is 11.8 Å². The Bertz CT molecular complexity index is 1470. The van der Waals surface area contributed by atoms with Crippen LogP contribution in [0.2, 0.25) is 0 Å². The van der Waals surface area contributed by atoms with Crippen molar-refractivity contribution in [3.8, 4) is 5.75 Å². The number of benzene rings is 2. The zero-order valence-electron chi connectivity index (χ0n) is 23.6. The molecule has 2 saturated carbocycles. The van der Waals surface area contributed by atoms with Crippen molar-refractivity contribution in [2.75, 3.05) is 25.1 Å². The summed E-state index contributed by atoms with van der Waals surface area (Å²) >= 11 is 1.45. The van der Waals surface area contributed by atoms with Crippen LogP contribution in [-0.4, -0.2) is 66.9 Å². The lowest BCUT2D eigenvalue weighted by Gasteiger charge is -2.36. The van der Waals surface area contributed by atoms with Gasteiger partial charge in [0.25, 0.3) is 0 Å². The minimum atomic E-state index is -4.31. The second kappa shape index (κ2) is 10.9. The fourth-order valence-electron chi connectivity index (χ4n) is 5.54. The number of aliphatic carboxylic acids is 1. The summed E-state index contributed by atoms with van der Waals surface area (Å²) in [6, 6.07) is 7.53. The Kier molecular flexibility index (Phi) is 8.02. The fourth-order valence-corrected chi connectivity index (χ4v) is 8.75. The molecule has 2 aromatic rings. The molecule has 0 amide bonds. The van der Waals surface area contributed by atoms with Crippen LogP contribution in [0.3, 0.4) is 0 Å². The maximum absolute atomic E-state index is 14.7. The molecule has 1 heterocycles. The minimum absolute atomic E-state index is 0.00957. The van der Waals surface area contributed by atoms with Gasteiger partial charge in [0.2, 0.25) is 21.6 Å². The van der Waals surface area contributed by atoms with Crippen LogP contribution in [0.25, 0.3) is 0 Å². The van der Waals surface area contributed by atoms with E-state index >= 15 is 0 Å². The van der Waals surface area contributed by atoms with E-state index in [4.69, 9.17) is 4.74 Å². The van der Waals surface area contributed by atoms with Gasteiger partial charge in [-0.2, -0.15) is 4.31 Å². The lowest BCUT2D eigenvalue weighted by molar-refractivity contribution is -0.151. The van der Waals surface area contributed by atoms with E-state index in [1.54, 1.807) is 17.0 Å². The number of carboxylic acids is 1. The molecule has 3 aliphatic rings. The van der Waals surface area contributed by atoms with Gasteiger partial charge in [-0.25, -0.2) is 30.8 Å². The molecular weight excluding hydrogens is 596 g/mol. The van der Waals surface area contributed by atoms with Crippen molar-refractivity contribution in [1.82, 2.24) is 4.31 Å². The van der Waals surface area contributed by atoms with Crippen LogP contribution in [0, 0.1) is 11.2 Å². The molecule has 2 aliphatic carbocycles. The summed E-state index contributed by atoms with van der Waals surface area (Å²) < 4.78 is 91.5. The number of rotatable bonds is 10. The highest BCUT2D eigenvalue weighted by Gasteiger charge is 2.53. The van der Waals surface area contributed by atoms with Crippen molar-refractivity contribution in [1.29, 1.82) is 0 Å². The average Bonchev–Trinajstić information content (AvgIpc) is 3.68. The second-order valence-electron chi connectivity index (χ2n) is 12.1. The number of thioether (sulfide) groups is 1. The largest absolute Gasteiger partial charge is 0.488 e. The first-order valence-corrected chi connectivity index (χ1v) is 16.1. The van der Waals surface area contributed by atoms with E-state index in [9.17, 15) is 35.9 Å². The molecule has 1 spiro atoms. The van der Waals surface area contributed by atoms with E-state index in [-0.39, 0.29) is 34.5 Å². The van der Waals surface area contributed by atoms with Gasteiger partial charge in [-0.15, -0.1) is 11.8 Å². The minimum Gasteiger partial charge on any atom is -0.488 e. The quantitative estimate of drug-likeness (QED) is 0.295.